The van der Waals surface area contributed by atoms with Crippen LogP contribution in [0.25, 0.3) is 0 Å². The van der Waals surface area contributed by atoms with E-state index < -0.39 is 5.54 Å². The average molecular weight is 339 g/mol. The molecular formula is C18H27ClN2O2. The molecule has 1 amide bonds. The van der Waals surface area contributed by atoms with Crippen LogP contribution in [0.2, 0.25) is 5.02 Å². The van der Waals surface area contributed by atoms with Crippen molar-refractivity contribution in [3.63, 3.8) is 0 Å². The summed E-state index contributed by atoms with van der Waals surface area (Å²) in [5, 5.41) is 3.81. The second-order valence-electron chi connectivity index (χ2n) is 6.72. The van der Waals surface area contributed by atoms with Gasteiger partial charge >= 0.3 is 0 Å². The summed E-state index contributed by atoms with van der Waals surface area (Å²) in [4.78, 5) is 12.5. The van der Waals surface area contributed by atoms with Crippen LogP contribution in [0.4, 0.5) is 0 Å². The zero-order valence-electron chi connectivity index (χ0n) is 14.0. The molecule has 128 valence electrons. The van der Waals surface area contributed by atoms with Crippen LogP contribution >= 0.6 is 11.6 Å². The van der Waals surface area contributed by atoms with Crippen molar-refractivity contribution in [3.05, 3.63) is 34.9 Å². The quantitative estimate of drug-likeness (QED) is 0.838. The molecule has 3 N–H and O–H groups in total. The maximum atomic E-state index is 12.5. The van der Waals surface area contributed by atoms with Crippen LogP contribution in [0.3, 0.4) is 0 Å². The van der Waals surface area contributed by atoms with Crippen molar-refractivity contribution >= 4 is 17.5 Å². The molecule has 1 heterocycles. The molecule has 0 radical (unpaired) electrons. The van der Waals surface area contributed by atoms with Gasteiger partial charge in [0.25, 0.3) is 0 Å². The Bertz CT molecular complexity index is 540. The maximum absolute atomic E-state index is 12.5. The number of benzene rings is 1. The molecule has 1 saturated heterocycles. The fourth-order valence-electron chi connectivity index (χ4n) is 3.28. The molecule has 1 aromatic carbocycles. The van der Waals surface area contributed by atoms with Crippen molar-refractivity contribution in [2.24, 2.45) is 5.73 Å². The summed E-state index contributed by atoms with van der Waals surface area (Å²) < 4.78 is 5.52. The number of hydrogen-bond donors (Lipinski definition) is 2. The Morgan fingerprint density at radius 3 is 2.65 bits per heavy atom. The molecule has 1 atom stereocenters. The zero-order chi connectivity index (χ0) is 16.9. The summed E-state index contributed by atoms with van der Waals surface area (Å²) in [5.41, 5.74) is 6.20. The molecule has 0 bridgehead atoms. The fourth-order valence-corrected chi connectivity index (χ4v) is 3.62. The highest BCUT2D eigenvalue weighted by molar-refractivity contribution is 6.31. The van der Waals surface area contributed by atoms with Crippen LogP contribution in [0.15, 0.2) is 24.3 Å². The van der Waals surface area contributed by atoms with Crippen LogP contribution in [-0.4, -0.2) is 31.2 Å². The normalized spacial score (nSPS) is 19.8. The topological polar surface area (TPSA) is 64.4 Å². The van der Waals surface area contributed by atoms with Gasteiger partial charge < -0.3 is 15.8 Å². The zero-order valence-corrected chi connectivity index (χ0v) is 14.8. The summed E-state index contributed by atoms with van der Waals surface area (Å²) in [7, 11) is 0. The highest BCUT2D eigenvalue weighted by Gasteiger charge is 2.37. The van der Waals surface area contributed by atoms with E-state index in [-0.39, 0.29) is 11.3 Å². The van der Waals surface area contributed by atoms with E-state index in [0.29, 0.717) is 26.2 Å². The van der Waals surface area contributed by atoms with Gasteiger partial charge in [0.15, 0.2) is 0 Å². The Kier molecular flexibility index (Phi) is 6.06. The van der Waals surface area contributed by atoms with Gasteiger partial charge in [-0.2, -0.15) is 0 Å². The van der Waals surface area contributed by atoms with Gasteiger partial charge in [0, 0.05) is 30.2 Å². The van der Waals surface area contributed by atoms with E-state index in [9.17, 15) is 4.79 Å². The van der Waals surface area contributed by atoms with Crippen LogP contribution in [0.1, 0.15) is 45.1 Å². The largest absolute Gasteiger partial charge is 0.381 e. The molecule has 5 heteroatoms. The van der Waals surface area contributed by atoms with E-state index in [4.69, 9.17) is 22.1 Å². The lowest BCUT2D eigenvalue weighted by molar-refractivity contribution is -0.126. The van der Waals surface area contributed by atoms with Gasteiger partial charge in [-0.3, -0.25) is 4.79 Å². The SMILES string of the molecule is CCCC(C)(N)C(=O)NCC1(c2ccccc2Cl)CCOCC1. The van der Waals surface area contributed by atoms with Crippen molar-refractivity contribution in [1.29, 1.82) is 0 Å². The molecule has 0 aromatic heterocycles. The third-order valence-corrected chi connectivity index (χ3v) is 5.10. The Labute approximate surface area is 143 Å². The fraction of sp³-hybridized carbons (Fsp3) is 0.611. The number of nitrogens with two attached hydrogens (primary N) is 1. The van der Waals surface area contributed by atoms with Crippen molar-refractivity contribution < 1.29 is 9.53 Å². The molecule has 0 spiro atoms. The maximum Gasteiger partial charge on any atom is 0.239 e. The Morgan fingerprint density at radius 2 is 2.04 bits per heavy atom. The lowest BCUT2D eigenvalue weighted by Gasteiger charge is -2.39. The first-order valence-electron chi connectivity index (χ1n) is 8.31. The molecular weight excluding hydrogens is 312 g/mol. The predicted octanol–water partition coefficient (Wildman–Crippen LogP) is 3.02. The Hall–Kier alpha value is -1.10. The van der Waals surface area contributed by atoms with Crippen LogP contribution < -0.4 is 11.1 Å². The van der Waals surface area contributed by atoms with Gasteiger partial charge in [0.1, 0.15) is 0 Å². The summed E-state index contributed by atoms with van der Waals surface area (Å²) in [6.45, 7) is 5.71. The van der Waals surface area contributed by atoms with E-state index in [1.54, 1.807) is 6.92 Å². The van der Waals surface area contributed by atoms with Crippen LogP contribution in [-0.2, 0) is 14.9 Å². The van der Waals surface area contributed by atoms with E-state index in [2.05, 4.69) is 5.32 Å². The standard InChI is InChI=1S/C18H27ClN2O2/c1-3-8-17(2,20)16(22)21-13-18(9-11-23-12-10-18)14-6-4-5-7-15(14)19/h4-7H,3,8-13,20H2,1-2H3,(H,21,22). The number of ether oxygens (including phenoxy) is 1. The molecule has 1 aliphatic rings. The van der Waals surface area contributed by atoms with Crippen LogP contribution in [0, 0.1) is 0 Å². The summed E-state index contributed by atoms with van der Waals surface area (Å²) in [5.74, 6) is -0.0997. The molecule has 23 heavy (non-hydrogen) atoms. The predicted molar refractivity (Wildman–Crippen MR) is 93.7 cm³/mol. The third-order valence-electron chi connectivity index (χ3n) is 4.77. The van der Waals surface area contributed by atoms with Crippen LogP contribution in [0.5, 0.6) is 0 Å². The molecule has 1 aromatic rings. The number of nitrogens with one attached hydrogen (secondary N) is 1. The van der Waals surface area contributed by atoms with Gasteiger partial charge in [-0.25, -0.2) is 0 Å². The molecule has 1 fully saturated rings. The molecule has 4 nitrogen and oxygen atoms in total. The van der Waals surface area contributed by atoms with E-state index in [1.807, 2.05) is 31.2 Å². The lowest BCUT2D eigenvalue weighted by atomic mass is 9.74. The number of amides is 1. The van der Waals surface area contributed by atoms with Crippen molar-refractivity contribution in [2.75, 3.05) is 19.8 Å². The number of hydrogen-bond acceptors (Lipinski definition) is 3. The van der Waals surface area contributed by atoms with E-state index in [1.165, 1.54) is 0 Å². The third kappa shape index (κ3) is 4.25. The summed E-state index contributed by atoms with van der Waals surface area (Å²) in [6.07, 6.45) is 3.23. The molecule has 0 saturated carbocycles. The first kappa shape index (κ1) is 18.2. The first-order chi connectivity index (χ1) is 10.9. The summed E-state index contributed by atoms with van der Waals surface area (Å²) in [6, 6.07) is 7.87. The minimum absolute atomic E-state index is 0.0997. The second-order valence-corrected chi connectivity index (χ2v) is 7.13. The molecule has 1 aliphatic heterocycles. The molecule has 2 rings (SSSR count). The Morgan fingerprint density at radius 1 is 1.39 bits per heavy atom. The number of rotatable bonds is 6. The lowest BCUT2D eigenvalue weighted by Crippen LogP contribution is -2.55. The number of carbonyl (C=O) groups excluding carboxylic acids is 1. The van der Waals surface area contributed by atoms with Gasteiger partial charge in [-0.05, 0) is 37.8 Å². The minimum atomic E-state index is -0.832. The molecule has 0 aliphatic carbocycles. The van der Waals surface area contributed by atoms with Crippen molar-refractivity contribution in [1.82, 2.24) is 5.32 Å². The average Bonchev–Trinajstić information content (AvgIpc) is 2.54. The van der Waals surface area contributed by atoms with Gasteiger partial charge in [0.2, 0.25) is 5.91 Å². The van der Waals surface area contributed by atoms with Gasteiger partial charge in [-0.1, -0.05) is 43.1 Å². The summed E-state index contributed by atoms with van der Waals surface area (Å²) >= 11 is 6.42. The van der Waals surface area contributed by atoms with E-state index in [0.717, 1.165) is 29.8 Å². The van der Waals surface area contributed by atoms with Gasteiger partial charge in [-0.15, -0.1) is 0 Å². The van der Waals surface area contributed by atoms with Crippen molar-refractivity contribution in [3.8, 4) is 0 Å². The smallest absolute Gasteiger partial charge is 0.239 e. The minimum Gasteiger partial charge on any atom is -0.381 e. The number of carbonyl (C=O) groups is 1. The second kappa shape index (κ2) is 7.65. The number of halogens is 1. The molecule has 1 unspecified atom stereocenters. The highest BCUT2D eigenvalue weighted by atomic mass is 35.5. The monoisotopic (exact) mass is 338 g/mol. The first-order valence-corrected chi connectivity index (χ1v) is 8.69. The Balaban J connectivity index is 2.17. The van der Waals surface area contributed by atoms with Gasteiger partial charge in [0.05, 0.1) is 5.54 Å². The van der Waals surface area contributed by atoms with Crippen molar-refractivity contribution in [2.45, 2.75) is 50.5 Å². The highest BCUT2D eigenvalue weighted by Crippen LogP contribution is 2.38. The van der Waals surface area contributed by atoms with E-state index >= 15 is 0 Å².